The lowest BCUT2D eigenvalue weighted by atomic mass is 10.2. The van der Waals surface area contributed by atoms with E-state index in [1.54, 1.807) is 24.3 Å². The largest absolute Gasteiger partial charge is 0.449 e. The summed E-state index contributed by atoms with van der Waals surface area (Å²) in [6.07, 6.45) is -0.910. The minimum Gasteiger partial charge on any atom is -0.449 e. The predicted molar refractivity (Wildman–Crippen MR) is 86.1 cm³/mol. The third-order valence-corrected chi connectivity index (χ3v) is 3.23. The van der Waals surface area contributed by atoms with Crippen molar-refractivity contribution in [3.8, 4) is 0 Å². The van der Waals surface area contributed by atoms with Gasteiger partial charge < -0.3 is 10.1 Å². The predicted octanol–water partition coefficient (Wildman–Crippen LogP) is 3.83. The highest BCUT2D eigenvalue weighted by Crippen LogP contribution is 2.14. The van der Waals surface area contributed by atoms with Gasteiger partial charge in [0.2, 0.25) is 0 Å². The molecular weight excluding hydrogens is 302 g/mol. The molecule has 0 heterocycles. The molecule has 0 saturated heterocycles. The van der Waals surface area contributed by atoms with E-state index in [1.165, 1.54) is 13.0 Å². The van der Waals surface area contributed by atoms with Crippen LogP contribution in [-0.4, -0.2) is 18.0 Å². The maximum absolute atomic E-state index is 12.0. The van der Waals surface area contributed by atoms with Crippen LogP contribution in [0.4, 0.5) is 5.69 Å². The zero-order valence-electron chi connectivity index (χ0n) is 12.3. The van der Waals surface area contributed by atoms with E-state index in [9.17, 15) is 9.59 Å². The molecule has 0 unspecified atom stereocenters. The second kappa shape index (κ2) is 7.09. The molecule has 22 heavy (non-hydrogen) atoms. The Morgan fingerprint density at radius 3 is 2.55 bits per heavy atom. The van der Waals surface area contributed by atoms with E-state index in [2.05, 4.69) is 5.32 Å². The van der Waals surface area contributed by atoms with Crippen LogP contribution in [0.2, 0.25) is 5.02 Å². The number of nitrogens with one attached hydrogen (secondary N) is 1. The molecule has 0 aliphatic carbocycles. The Balaban J connectivity index is 1.98. The first-order valence-corrected chi connectivity index (χ1v) is 7.17. The summed E-state index contributed by atoms with van der Waals surface area (Å²) in [4.78, 5) is 24.0. The first-order chi connectivity index (χ1) is 10.5. The summed E-state index contributed by atoms with van der Waals surface area (Å²) in [6, 6.07) is 13.8. The van der Waals surface area contributed by atoms with Gasteiger partial charge in [0.25, 0.3) is 5.91 Å². The number of esters is 1. The first-order valence-electron chi connectivity index (χ1n) is 6.80. The van der Waals surface area contributed by atoms with Gasteiger partial charge in [0.15, 0.2) is 6.10 Å². The van der Waals surface area contributed by atoms with Crippen molar-refractivity contribution in [1.82, 2.24) is 0 Å². The van der Waals surface area contributed by atoms with E-state index in [4.69, 9.17) is 16.3 Å². The molecular formula is C17H16ClNO3. The number of hydrogen-bond acceptors (Lipinski definition) is 3. The fourth-order valence-electron chi connectivity index (χ4n) is 1.86. The number of amides is 1. The average molecular weight is 318 g/mol. The van der Waals surface area contributed by atoms with Crippen molar-refractivity contribution < 1.29 is 14.3 Å². The molecule has 2 rings (SSSR count). The quantitative estimate of drug-likeness (QED) is 0.872. The van der Waals surface area contributed by atoms with Crippen LogP contribution < -0.4 is 5.32 Å². The fourth-order valence-corrected chi connectivity index (χ4v) is 2.05. The van der Waals surface area contributed by atoms with Gasteiger partial charge in [0, 0.05) is 10.7 Å². The van der Waals surface area contributed by atoms with Crippen LogP contribution >= 0.6 is 11.6 Å². The summed E-state index contributed by atoms with van der Waals surface area (Å²) >= 11 is 5.82. The molecule has 0 fully saturated rings. The van der Waals surface area contributed by atoms with Gasteiger partial charge >= 0.3 is 5.97 Å². The summed E-state index contributed by atoms with van der Waals surface area (Å²) < 4.78 is 5.15. The van der Waals surface area contributed by atoms with Crippen LogP contribution in [0.1, 0.15) is 22.8 Å². The van der Waals surface area contributed by atoms with E-state index < -0.39 is 12.1 Å². The van der Waals surface area contributed by atoms with Crippen molar-refractivity contribution in [3.63, 3.8) is 0 Å². The van der Waals surface area contributed by atoms with Crippen molar-refractivity contribution in [3.05, 3.63) is 64.7 Å². The van der Waals surface area contributed by atoms with Crippen LogP contribution in [0.15, 0.2) is 48.5 Å². The number of hydrogen-bond donors (Lipinski definition) is 1. The van der Waals surface area contributed by atoms with Gasteiger partial charge in [-0.1, -0.05) is 29.8 Å². The lowest BCUT2D eigenvalue weighted by Crippen LogP contribution is -2.30. The standard InChI is InChI=1S/C17H16ClNO3/c1-11-5-3-8-15(9-11)19-16(20)12(2)22-17(21)13-6-4-7-14(18)10-13/h3-10,12H,1-2H3,(H,19,20)/t12-/m0/s1. The van der Waals surface area contributed by atoms with Crippen LogP contribution in [0.5, 0.6) is 0 Å². The van der Waals surface area contributed by atoms with E-state index in [1.807, 2.05) is 25.1 Å². The Hall–Kier alpha value is -2.33. The third kappa shape index (κ3) is 4.33. The number of rotatable bonds is 4. The molecule has 2 aromatic rings. The van der Waals surface area contributed by atoms with Crippen LogP contribution in [0.3, 0.4) is 0 Å². The molecule has 1 N–H and O–H groups in total. The molecule has 5 heteroatoms. The van der Waals surface area contributed by atoms with Crippen molar-refractivity contribution in [2.75, 3.05) is 5.32 Å². The van der Waals surface area contributed by atoms with Gasteiger partial charge in [-0.25, -0.2) is 4.79 Å². The van der Waals surface area contributed by atoms with Gasteiger partial charge in [-0.3, -0.25) is 4.79 Å². The lowest BCUT2D eigenvalue weighted by molar-refractivity contribution is -0.123. The van der Waals surface area contributed by atoms with E-state index in [-0.39, 0.29) is 5.91 Å². The third-order valence-electron chi connectivity index (χ3n) is 3.00. The Morgan fingerprint density at radius 2 is 1.86 bits per heavy atom. The second-order valence-electron chi connectivity index (χ2n) is 4.92. The zero-order valence-corrected chi connectivity index (χ0v) is 13.1. The number of aryl methyl sites for hydroxylation is 1. The monoisotopic (exact) mass is 317 g/mol. The maximum Gasteiger partial charge on any atom is 0.338 e. The summed E-state index contributed by atoms with van der Waals surface area (Å²) in [6.45, 7) is 3.45. The number of carbonyl (C=O) groups is 2. The Bertz CT molecular complexity index is 700. The maximum atomic E-state index is 12.0. The van der Waals surface area contributed by atoms with E-state index in [0.717, 1.165) is 5.56 Å². The Labute approximate surface area is 134 Å². The smallest absolute Gasteiger partial charge is 0.338 e. The minimum atomic E-state index is -0.910. The Morgan fingerprint density at radius 1 is 1.14 bits per heavy atom. The fraction of sp³-hybridized carbons (Fsp3) is 0.176. The summed E-state index contributed by atoms with van der Waals surface area (Å²) in [5.74, 6) is -0.977. The molecule has 2 aromatic carbocycles. The summed E-state index contributed by atoms with van der Waals surface area (Å²) in [7, 11) is 0. The molecule has 4 nitrogen and oxygen atoms in total. The molecule has 0 radical (unpaired) electrons. The molecule has 0 spiro atoms. The normalized spacial score (nSPS) is 11.6. The van der Waals surface area contributed by atoms with Gasteiger partial charge in [0.1, 0.15) is 0 Å². The molecule has 0 aliphatic heterocycles. The highest BCUT2D eigenvalue weighted by atomic mass is 35.5. The van der Waals surface area contributed by atoms with Crippen molar-refractivity contribution >= 4 is 29.2 Å². The molecule has 0 saturated carbocycles. The van der Waals surface area contributed by atoms with Gasteiger partial charge in [-0.15, -0.1) is 0 Å². The van der Waals surface area contributed by atoms with Crippen LogP contribution in [-0.2, 0) is 9.53 Å². The number of anilines is 1. The second-order valence-corrected chi connectivity index (χ2v) is 5.35. The molecule has 114 valence electrons. The molecule has 1 amide bonds. The SMILES string of the molecule is Cc1cccc(NC(=O)[C@H](C)OC(=O)c2cccc(Cl)c2)c1. The molecule has 0 aliphatic rings. The topological polar surface area (TPSA) is 55.4 Å². The molecule has 0 aromatic heterocycles. The van der Waals surface area contributed by atoms with E-state index in [0.29, 0.717) is 16.3 Å². The Kier molecular flexibility index (Phi) is 5.17. The van der Waals surface area contributed by atoms with Gasteiger partial charge in [0.05, 0.1) is 5.56 Å². The minimum absolute atomic E-state index is 0.308. The molecule has 0 bridgehead atoms. The number of carbonyl (C=O) groups excluding carboxylic acids is 2. The number of halogens is 1. The van der Waals surface area contributed by atoms with Crippen molar-refractivity contribution in [2.24, 2.45) is 0 Å². The van der Waals surface area contributed by atoms with Gasteiger partial charge in [-0.2, -0.15) is 0 Å². The number of benzene rings is 2. The van der Waals surface area contributed by atoms with Gasteiger partial charge in [-0.05, 0) is 49.7 Å². The van der Waals surface area contributed by atoms with Crippen molar-refractivity contribution in [2.45, 2.75) is 20.0 Å². The van der Waals surface area contributed by atoms with Crippen LogP contribution in [0.25, 0.3) is 0 Å². The van der Waals surface area contributed by atoms with E-state index >= 15 is 0 Å². The van der Waals surface area contributed by atoms with Crippen LogP contribution in [0, 0.1) is 6.92 Å². The highest BCUT2D eigenvalue weighted by Gasteiger charge is 2.19. The summed E-state index contributed by atoms with van der Waals surface area (Å²) in [5.41, 5.74) is 2.00. The summed E-state index contributed by atoms with van der Waals surface area (Å²) in [5, 5.41) is 3.14. The zero-order chi connectivity index (χ0) is 16.1. The molecule has 1 atom stereocenters. The highest BCUT2D eigenvalue weighted by molar-refractivity contribution is 6.30. The first kappa shape index (κ1) is 16.0. The average Bonchev–Trinajstić information content (AvgIpc) is 2.47. The number of ether oxygens (including phenoxy) is 1. The lowest BCUT2D eigenvalue weighted by Gasteiger charge is -2.14. The van der Waals surface area contributed by atoms with Crippen molar-refractivity contribution in [1.29, 1.82) is 0 Å².